The zero-order valence-corrected chi connectivity index (χ0v) is 14.1. The van der Waals surface area contributed by atoms with Crippen LogP contribution in [-0.2, 0) is 6.42 Å². The van der Waals surface area contributed by atoms with Crippen molar-refractivity contribution in [2.75, 3.05) is 33.9 Å². The molecule has 1 aromatic carbocycles. The molecule has 0 aromatic heterocycles. The highest BCUT2D eigenvalue weighted by molar-refractivity contribution is 14.0. The topological polar surface area (TPSA) is 89.1 Å². The Bertz CT molecular complexity index is 427. The lowest BCUT2D eigenvalue weighted by Crippen LogP contribution is -2.33. The summed E-state index contributed by atoms with van der Waals surface area (Å²) in [5.41, 5.74) is 6.72. The van der Waals surface area contributed by atoms with Crippen molar-refractivity contribution in [3.63, 3.8) is 0 Å². The Labute approximate surface area is 136 Å². The van der Waals surface area contributed by atoms with E-state index >= 15 is 0 Å². The van der Waals surface area contributed by atoms with Gasteiger partial charge in [-0.2, -0.15) is 0 Å². The monoisotopic (exact) mass is 395 g/mol. The summed E-state index contributed by atoms with van der Waals surface area (Å²) in [6.07, 6.45) is 0.787. The summed E-state index contributed by atoms with van der Waals surface area (Å²) in [7, 11) is 3.22. The van der Waals surface area contributed by atoms with E-state index in [0.717, 1.165) is 12.0 Å². The van der Waals surface area contributed by atoms with Crippen molar-refractivity contribution in [2.24, 2.45) is 10.7 Å². The van der Waals surface area contributed by atoms with Crippen LogP contribution in [0.25, 0.3) is 0 Å². The lowest BCUT2D eigenvalue weighted by molar-refractivity contribution is 0.306. The molecule has 4 N–H and O–H groups in total. The van der Waals surface area contributed by atoms with Crippen molar-refractivity contribution in [3.8, 4) is 11.5 Å². The predicted molar refractivity (Wildman–Crippen MR) is 90.2 cm³/mol. The summed E-state index contributed by atoms with van der Waals surface area (Å²) in [4.78, 5) is 3.92. The Morgan fingerprint density at radius 1 is 1.30 bits per heavy atom. The van der Waals surface area contributed by atoms with Gasteiger partial charge in [-0.05, 0) is 24.1 Å². The van der Waals surface area contributed by atoms with Gasteiger partial charge in [0.2, 0.25) is 0 Å². The van der Waals surface area contributed by atoms with Crippen LogP contribution in [0.2, 0.25) is 0 Å². The van der Waals surface area contributed by atoms with Crippen LogP contribution >= 0.6 is 24.0 Å². The standard InChI is InChI=1S/C13H21N3O3.HI/c1-18-11-4-3-10(9-12(11)19-2)5-6-15-13(14)16-7-8-17;/h3-4,9,17H,5-8H2,1-2H3,(H3,14,15,16);1H. The molecule has 7 heteroatoms. The number of nitrogens with two attached hydrogens (primary N) is 1. The highest BCUT2D eigenvalue weighted by Crippen LogP contribution is 2.27. The average molecular weight is 395 g/mol. The fraction of sp³-hybridized carbons (Fsp3) is 0.462. The number of nitrogens with one attached hydrogen (secondary N) is 1. The molecule has 0 radical (unpaired) electrons. The van der Waals surface area contributed by atoms with Crippen LogP contribution in [0.4, 0.5) is 0 Å². The molecule has 1 rings (SSSR count). The third-order valence-electron chi connectivity index (χ3n) is 2.55. The quantitative estimate of drug-likeness (QED) is 0.361. The number of ether oxygens (including phenoxy) is 2. The van der Waals surface area contributed by atoms with Gasteiger partial charge in [0, 0.05) is 6.54 Å². The molecule has 0 unspecified atom stereocenters. The zero-order chi connectivity index (χ0) is 14.1. The second-order valence-electron chi connectivity index (χ2n) is 3.86. The molecule has 0 atom stereocenters. The molecule has 0 aliphatic rings. The fourth-order valence-electron chi connectivity index (χ4n) is 1.60. The number of methoxy groups -OCH3 is 2. The van der Waals surface area contributed by atoms with E-state index < -0.39 is 0 Å². The smallest absolute Gasteiger partial charge is 0.188 e. The first-order chi connectivity index (χ1) is 9.21. The maximum atomic E-state index is 8.61. The lowest BCUT2D eigenvalue weighted by atomic mass is 10.1. The SMILES string of the molecule is COc1ccc(CCNC(N)=NCCO)cc1OC.I. The van der Waals surface area contributed by atoms with E-state index in [4.69, 9.17) is 20.3 Å². The fourth-order valence-corrected chi connectivity index (χ4v) is 1.60. The first kappa shape index (κ1) is 18.8. The molecule has 0 saturated carbocycles. The van der Waals surface area contributed by atoms with Crippen LogP contribution in [0.1, 0.15) is 5.56 Å². The Morgan fingerprint density at radius 2 is 2.00 bits per heavy atom. The Morgan fingerprint density at radius 3 is 2.60 bits per heavy atom. The van der Waals surface area contributed by atoms with Gasteiger partial charge < -0.3 is 25.6 Å². The molecule has 0 heterocycles. The number of benzene rings is 1. The van der Waals surface area contributed by atoms with E-state index in [9.17, 15) is 0 Å². The molecule has 6 nitrogen and oxygen atoms in total. The number of halogens is 1. The average Bonchev–Trinajstić information content (AvgIpc) is 2.44. The van der Waals surface area contributed by atoms with Gasteiger partial charge in [0.1, 0.15) is 0 Å². The number of nitrogens with zero attached hydrogens (tertiary/aromatic N) is 1. The molecular weight excluding hydrogens is 373 g/mol. The summed E-state index contributed by atoms with van der Waals surface area (Å²) in [6.45, 7) is 0.976. The second-order valence-corrected chi connectivity index (χ2v) is 3.86. The number of hydrogen-bond acceptors (Lipinski definition) is 4. The van der Waals surface area contributed by atoms with Gasteiger partial charge in [0.15, 0.2) is 17.5 Å². The molecule has 0 aliphatic heterocycles. The number of hydrogen-bond donors (Lipinski definition) is 3. The molecule has 1 aromatic rings. The van der Waals surface area contributed by atoms with Crippen LogP contribution in [-0.4, -0.2) is 45.0 Å². The van der Waals surface area contributed by atoms with Crippen LogP contribution in [0, 0.1) is 0 Å². The third-order valence-corrected chi connectivity index (χ3v) is 2.55. The molecule has 0 saturated heterocycles. The van der Waals surface area contributed by atoms with Crippen LogP contribution in [0.5, 0.6) is 11.5 Å². The Balaban J connectivity index is 0.00000361. The predicted octanol–water partition coefficient (Wildman–Crippen LogP) is 0.761. The minimum absolute atomic E-state index is 0. The highest BCUT2D eigenvalue weighted by atomic mass is 127. The van der Waals surface area contributed by atoms with Crippen molar-refractivity contribution in [3.05, 3.63) is 23.8 Å². The summed E-state index contributed by atoms with van der Waals surface area (Å²) in [5, 5.41) is 11.6. The highest BCUT2D eigenvalue weighted by Gasteiger charge is 2.04. The molecule has 0 bridgehead atoms. The van der Waals surface area contributed by atoms with E-state index in [1.165, 1.54) is 0 Å². The van der Waals surface area contributed by atoms with E-state index in [0.29, 0.717) is 30.5 Å². The van der Waals surface area contributed by atoms with Gasteiger partial charge in [-0.15, -0.1) is 24.0 Å². The summed E-state index contributed by atoms with van der Waals surface area (Å²) in [5.74, 6) is 1.76. The van der Waals surface area contributed by atoms with E-state index in [-0.39, 0.29) is 30.6 Å². The normalized spacial score (nSPS) is 10.7. The van der Waals surface area contributed by atoms with Gasteiger partial charge >= 0.3 is 0 Å². The van der Waals surface area contributed by atoms with E-state index in [2.05, 4.69) is 10.3 Å². The van der Waals surface area contributed by atoms with Gasteiger partial charge in [0.25, 0.3) is 0 Å². The first-order valence-electron chi connectivity index (χ1n) is 6.06. The number of aliphatic hydroxyl groups excluding tert-OH is 1. The number of rotatable bonds is 7. The molecule has 0 fully saturated rings. The van der Waals surface area contributed by atoms with Gasteiger partial charge in [0.05, 0.1) is 27.4 Å². The molecular formula is C13H22IN3O3. The van der Waals surface area contributed by atoms with E-state index in [1.54, 1.807) is 14.2 Å². The van der Waals surface area contributed by atoms with Crippen molar-refractivity contribution < 1.29 is 14.6 Å². The Hall–Kier alpha value is -1.22. The largest absolute Gasteiger partial charge is 0.493 e. The molecule has 0 spiro atoms. The number of aliphatic hydroxyl groups is 1. The van der Waals surface area contributed by atoms with Gasteiger partial charge in [-0.1, -0.05) is 6.07 Å². The van der Waals surface area contributed by atoms with Crippen molar-refractivity contribution >= 4 is 29.9 Å². The zero-order valence-electron chi connectivity index (χ0n) is 11.8. The van der Waals surface area contributed by atoms with Crippen molar-refractivity contribution in [1.29, 1.82) is 0 Å². The minimum atomic E-state index is -0.00193. The molecule has 0 amide bonds. The van der Waals surface area contributed by atoms with Crippen LogP contribution < -0.4 is 20.5 Å². The lowest BCUT2D eigenvalue weighted by Gasteiger charge is -2.10. The summed E-state index contributed by atoms with van der Waals surface area (Å²) < 4.78 is 10.4. The first-order valence-corrected chi connectivity index (χ1v) is 6.06. The number of aliphatic imine (C=N–C) groups is 1. The second kappa shape index (κ2) is 10.6. The van der Waals surface area contributed by atoms with Gasteiger partial charge in [-0.25, -0.2) is 0 Å². The Kier molecular flexibility index (Phi) is 9.91. The maximum absolute atomic E-state index is 8.61. The molecule has 0 aliphatic carbocycles. The number of guanidine groups is 1. The molecule has 114 valence electrons. The van der Waals surface area contributed by atoms with Crippen molar-refractivity contribution in [2.45, 2.75) is 6.42 Å². The molecule has 20 heavy (non-hydrogen) atoms. The van der Waals surface area contributed by atoms with Crippen molar-refractivity contribution in [1.82, 2.24) is 5.32 Å². The van der Waals surface area contributed by atoms with Gasteiger partial charge in [-0.3, -0.25) is 4.99 Å². The van der Waals surface area contributed by atoms with Crippen LogP contribution in [0.3, 0.4) is 0 Å². The summed E-state index contributed by atoms with van der Waals surface area (Å²) in [6, 6.07) is 5.78. The minimum Gasteiger partial charge on any atom is -0.493 e. The maximum Gasteiger partial charge on any atom is 0.188 e. The summed E-state index contributed by atoms with van der Waals surface area (Å²) >= 11 is 0. The van der Waals surface area contributed by atoms with Crippen LogP contribution in [0.15, 0.2) is 23.2 Å². The third kappa shape index (κ3) is 6.29. The van der Waals surface area contributed by atoms with E-state index in [1.807, 2.05) is 18.2 Å².